The van der Waals surface area contributed by atoms with E-state index in [4.69, 9.17) is 0 Å². The number of amides is 1. The molecule has 3 aromatic rings. The minimum absolute atomic E-state index is 0.134. The Balaban J connectivity index is 1.41. The second kappa shape index (κ2) is 7.56. The molecule has 0 atom stereocenters. The first-order chi connectivity index (χ1) is 12.7. The standard InChI is InChI=1S/C21H21FN2OS/c22-18-8-6-16(7-9-18)15-23-10-3-11-24(13-12-23)21(25)20-14-17-4-1-2-5-19(17)26-20/h1-2,4-9,14H,3,10-13,15H2. The quantitative estimate of drug-likeness (QED) is 0.685. The first-order valence-corrected chi connectivity index (χ1v) is 9.75. The fraction of sp³-hybridized carbons (Fsp3) is 0.286. The van der Waals surface area contributed by atoms with Crippen molar-refractivity contribution in [3.63, 3.8) is 0 Å². The summed E-state index contributed by atoms with van der Waals surface area (Å²) in [7, 11) is 0. The predicted octanol–water partition coefficient (Wildman–Crippen LogP) is 4.39. The summed E-state index contributed by atoms with van der Waals surface area (Å²) in [5, 5.41) is 1.13. The smallest absolute Gasteiger partial charge is 0.264 e. The molecule has 3 nitrogen and oxygen atoms in total. The second-order valence-corrected chi connectivity index (χ2v) is 7.78. The Bertz CT molecular complexity index is 873. The average Bonchev–Trinajstić information content (AvgIpc) is 2.96. The molecule has 26 heavy (non-hydrogen) atoms. The van der Waals surface area contributed by atoms with Crippen LogP contribution >= 0.6 is 11.3 Å². The van der Waals surface area contributed by atoms with Gasteiger partial charge in [0.25, 0.3) is 5.91 Å². The monoisotopic (exact) mass is 368 g/mol. The van der Waals surface area contributed by atoms with Gasteiger partial charge in [0, 0.05) is 37.4 Å². The van der Waals surface area contributed by atoms with Crippen molar-refractivity contribution < 1.29 is 9.18 Å². The molecule has 134 valence electrons. The van der Waals surface area contributed by atoms with Crippen LogP contribution in [-0.2, 0) is 6.54 Å². The topological polar surface area (TPSA) is 23.6 Å². The van der Waals surface area contributed by atoms with Crippen molar-refractivity contribution in [2.45, 2.75) is 13.0 Å². The molecule has 0 bridgehead atoms. The van der Waals surface area contributed by atoms with Crippen molar-refractivity contribution >= 4 is 27.3 Å². The van der Waals surface area contributed by atoms with Crippen molar-refractivity contribution in [2.75, 3.05) is 26.2 Å². The summed E-state index contributed by atoms with van der Waals surface area (Å²) in [4.78, 5) is 18.0. The first kappa shape index (κ1) is 17.2. The van der Waals surface area contributed by atoms with Crippen LogP contribution in [0.4, 0.5) is 4.39 Å². The van der Waals surface area contributed by atoms with Gasteiger partial charge in [-0.3, -0.25) is 9.69 Å². The van der Waals surface area contributed by atoms with Crippen LogP contribution in [0.3, 0.4) is 0 Å². The number of thiophene rings is 1. The summed E-state index contributed by atoms with van der Waals surface area (Å²) in [6.45, 7) is 4.11. The maximum Gasteiger partial charge on any atom is 0.264 e. The molecular formula is C21H21FN2OS. The van der Waals surface area contributed by atoms with E-state index in [1.165, 1.54) is 12.1 Å². The van der Waals surface area contributed by atoms with E-state index in [2.05, 4.69) is 17.0 Å². The molecule has 0 saturated carbocycles. The van der Waals surface area contributed by atoms with Crippen LogP contribution in [0.2, 0.25) is 0 Å². The molecule has 1 saturated heterocycles. The summed E-state index contributed by atoms with van der Waals surface area (Å²) in [5.41, 5.74) is 1.11. The number of hydrogen-bond donors (Lipinski definition) is 0. The third-order valence-corrected chi connectivity index (χ3v) is 5.94. The molecule has 5 heteroatoms. The fourth-order valence-corrected chi connectivity index (χ4v) is 4.45. The predicted molar refractivity (Wildman–Crippen MR) is 104 cm³/mol. The zero-order valence-corrected chi connectivity index (χ0v) is 15.3. The van der Waals surface area contributed by atoms with Gasteiger partial charge in [-0.1, -0.05) is 30.3 Å². The highest BCUT2D eigenvalue weighted by molar-refractivity contribution is 7.20. The van der Waals surface area contributed by atoms with Crippen LogP contribution in [0.5, 0.6) is 0 Å². The lowest BCUT2D eigenvalue weighted by atomic mass is 10.2. The van der Waals surface area contributed by atoms with Gasteiger partial charge in [0.05, 0.1) is 4.88 Å². The van der Waals surface area contributed by atoms with E-state index in [9.17, 15) is 9.18 Å². The third kappa shape index (κ3) is 3.79. The van der Waals surface area contributed by atoms with Crippen LogP contribution in [0.15, 0.2) is 54.6 Å². The molecular weight excluding hydrogens is 347 g/mol. The van der Waals surface area contributed by atoms with Crippen LogP contribution in [0, 0.1) is 5.82 Å². The maximum atomic E-state index is 13.1. The Labute approximate surface area is 156 Å². The average molecular weight is 368 g/mol. The Morgan fingerprint density at radius 1 is 1.00 bits per heavy atom. The lowest BCUT2D eigenvalue weighted by molar-refractivity contribution is 0.0766. The molecule has 2 heterocycles. The molecule has 0 spiro atoms. The summed E-state index contributed by atoms with van der Waals surface area (Å²) in [6, 6.07) is 16.8. The van der Waals surface area contributed by atoms with Crippen molar-refractivity contribution in [1.29, 1.82) is 0 Å². The zero-order valence-electron chi connectivity index (χ0n) is 14.5. The zero-order chi connectivity index (χ0) is 17.9. The highest BCUT2D eigenvalue weighted by Gasteiger charge is 2.21. The van der Waals surface area contributed by atoms with Gasteiger partial charge in [0.2, 0.25) is 0 Å². The third-order valence-electron chi connectivity index (χ3n) is 4.83. The summed E-state index contributed by atoms with van der Waals surface area (Å²) in [5.74, 6) is -0.0699. The molecule has 2 aromatic carbocycles. The lowest BCUT2D eigenvalue weighted by Crippen LogP contribution is -2.34. The van der Waals surface area contributed by atoms with Gasteiger partial charge in [0.1, 0.15) is 5.82 Å². The van der Waals surface area contributed by atoms with Gasteiger partial charge in [0.15, 0.2) is 0 Å². The molecule has 1 aromatic heterocycles. The van der Waals surface area contributed by atoms with Gasteiger partial charge in [-0.2, -0.15) is 0 Å². The van der Waals surface area contributed by atoms with E-state index < -0.39 is 0 Å². The molecule has 0 aliphatic carbocycles. The van der Waals surface area contributed by atoms with Gasteiger partial charge in [-0.15, -0.1) is 11.3 Å². The van der Waals surface area contributed by atoms with Crippen molar-refractivity contribution in [1.82, 2.24) is 9.80 Å². The van der Waals surface area contributed by atoms with Crippen molar-refractivity contribution in [3.8, 4) is 0 Å². The summed E-state index contributed by atoms with van der Waals surface area (Å²) >= 11 is 1.57. The van der Waals surface area contributed by atoms with Crippen molar-refractivity contribution in [3.05, 3.63) is 70.9 Å². The normalized spacial score (nSPS) is 16.0. The fourth-order valence-electron chi connectivity index (χ4n) is 3.42. The summed E-state index contributed by atoms with van der Waals surface area (Å²) in [6.07, 6.45) is 0.956. The maximum absolute atomic E-state index is 13.1. The van der Waals surface area contributed by atoms with E-state index in [0.717, 1.165) is 59.7 Å². The minimum atomic E-state index is -0.204. The van der Waals surface area contributed by atoms with Crippen LogP contribution in [0.25, 0.3) is 10.1 Å². The van der Waals surface area contributed by atoms with Crippen LogP contribution in [-0.4, -0.2) is 41.9 Å². The number of fused-ring (bicyclic) bond motifs is 1. The summed E-state index contributed by atoms with van der Waals surface area (Å²) < 4.78 is 14.2. The van der Waals surface area contributed by atoms with E-state index in [1.54, 1.807) is 11.3 Å². The number of halogens is 1. The molecule has 0 N–H and O–H groups in total. The van der Waals surface area contributed by atoms with Gasteiger partial charge in [-0.05, 0) is 41.6 Å². The SMILES string of the molecule is O=C(c1cc2ccccc2s1)N1CCCN(Cc2ccc(F)cc2)CC1. The van der Waals surface area contributed by atoms with E-state index in [1.807, 2.05) is 35.2 Å². The molecule has 1 amide bonds. The van der Waals surface area contributed by atoms with Crippen LogP contribution in [0.1, 0.15) is 21.7 Å². The van der Waals surface area contributed by atoms with E-state index in [0.29, 0.717) is 0 Å². The molecule has 4 rings (SSSR count). The molecule has 1 aliphatic heterocycles. The molecule has 1 fully saturated rings. The van der Waals surface area contributed by atoms with Gasteiger partial charge in [-0.25, -0.2) is 4.39 Å². The first-order valence-electron chi connectivity index (χ1n) is 8.94. The Hall–Kier alpha value is -2.24. The van der Waals surface area contributed by atoms with Gasteiger partial charge < -0.3 is 4.90 Å². The minimum Gasteiger partial charge on any atom is -0.337 e. The largest absolute Gasteiger partial charge is 0.337 e. The van der Waals surface area contributed by atoms with Crippen LogP contribution < -0.4 is 0 Å². The highest BCUT2D eigenvalue weighted by atomic mass is 32.1. The highest BCUT2D eigenvalue weighted by Crippen LogP contribution is 2.26. The second-order valence-electron chi connectivity index (χ2n) is 6.70. The van der Waals surface area contributed by atoms with Crippen molar-refractivity contribution in [2.24, 2.45) is 0 Å². The Kier molecular flexibility index (Phi) is 5.00. The molecule has 0 radical (unpaired) electrons. The lowest BCUT2D eigenvalue weighted by Gasteiger charge is -2.21. The Morgan fingerprint density at radius 3 is 2.62 bits per heavy atom. The Morgan fingerprint density at radius 2 is 1.81 bits per heavy atom. The number of rotatable bonds is 3. The number of carbonyl (C=O) groups excluding carboxylic acids is 1. The number of benzene rings is 2. The molecule has 1 aliphatic rings. The number of carbonyl (C=O) groups is 1. The number of nitrogens with zero attached hydrogens (tertiary/aromatic N) is 2. The molecule has 0 unspecified atom stereocenters. The van der Waals surface area contributed by atoms with E-state index >= 15 is 0 Å². The van der Waals surface area contributed by atoms with Gasteiger partial charge >= 0.3 is 0 Å². The number of hydrogen-bond acceptors (Lipinski definition) is 3. The van der Waals surface area contributed by atoms with E-state index in [-0.39, 0.29) is 11.7 Å².